The first-order chi connectivity index (χ1) is 16.6. The van der Waals surface area contributed by atoms with E-state index in [1.54, 1.807) is 4.57 Å². The molecule has 9 nitrogen and oxygen atoms in total. The fourth-order valence-corrected chi connectivity index (χ4v) is 4.09. The quantitative estimate of drug-likeness (QED) is 0.418. The minimum Gasteiger partial charge on any atom is -0.337 e. The second-order valence-electron chi connectivity index (χ2n) is 8.35. The highest BCUT2D eigenvalue weighted by Gasteiger charge is 2.29. The Hall–Kier alpha value is -4.34. The molecular weight excluding hydrogens is 439 g/mol. The van der Waals surface area contributed by atoms with Crippen molar-refractivity contribution in [1.29, 1.82) is 0 Å². The Balaban J connectivity index is 1.38. The lowest BCUT2D eigenvalue weighted by atomic mass is 10.2. The van der Waals surface area contributed by atoms with Crippen LogP contribution in [0.25, 0.3) is 21.9 Å². The van der Waals surface area contributed by atoms with Gasteiger partial charge in [-0.2, -0.15) is 4.98 Å². The minimum atomic E-state index is -0.391. The summed E-state index contributed by atoms with van der Waals surface area (Å²) in [4.78, 5) is 35.2. The van der Waals surface area contributed by atoms with Gasteiger partial charge < -0.3 is 14.4 Å². The van der Waals surface area contributed by atoms with Gasteiger partial charge >= 0.3 is 0 Å². The van der Waals surface area contributed by atoms with Crippen molar-refractivity contribution in [2.75, 3.05) is 5.32 Å². The number of hydrogen-bond donors (Lipinski definition) is 1. The van der Waals surface area contributed by atoms with Gasteiger partial charge in [-0.15, -0.1) is 0 Å². The molecule has 170 valence electrons. The van der Waals surface area contributed by atoms with Crippen LogP contribution in [0.1, 0.15) is 30.5 Å². The maximum atomic E-state index is 13.5. The van der Waals surface area contributed by atoms with Gasteiger partial charge in [-0.05, 0) is 43.2 Å². The van der Waals surface area contributed by atoms with Crippen LogP contribution in [0, 0.1) is 5.82 Å². The highest BCUT2D eigenvalue weighted by atomic mass is 19.1. The predicted molar refractivity (Wildman–Crippen MR) is 122 cm³/mol. The number of para-hydroxylation sites is 1. The van der Waals surface area contributed by atoms with Gasteiger partial charge in [0.15, 0.2) is 5.82 Å². The van der Waals surface area contributed by atoms with E-state index in [0.717, 1.165) is 18.2 Å². The van der Waals surface area contributed by atoms with Crippen molar-refractivity contribution in [2.45, 2.75) is 31.8 Å². The number of hydrogen-bond acceptors (Lipinski definition) is 6. The number of nitrogens with one attached hydrogen (secondary N) is 1. The molecule has 6 rings (SSSR count). The van der Waals surface area contributed by atoms with Crippen LogP contribution in [0.2, 0.25) is 0 Å². The smallest absolute Gasteiger partial charge is 0.278 e. The molecule has 1 amide bonds. The topological polar surface area (TPSA) is 108 Å². The van der Waals surface area contributed by atoms with Crippen LogP contribution >= 0.6 is 0 Å². The van der Waals surface area contributed by atoms with Gasteiger partial charge in [0, 0.05) is 17.0 Å². The Morgan fingerprint density at radius 3 is 2.74 bits per heavy atom. The first-order valence-corrected chi connectivity index (χ1v) is 10.9. The number of carbonyl (C=O) groups excluding carboxylic acids is 1. The predicted octanol–water partition coefficient (Wildman–Crippen LogP) is 3.44. The summed E-state index contributed by atoms with van der Waals surface area (Å²) < 4.78 is 21.6. The van der Waals surface area contributed by atoms with Gasteiger partial charge in [0.25, 0.3) is 5.56 Å². The number of halogens is 1. The Morgan fingerprint density at radius 2 is 1.94 bits per heavy atom. The summed E-state index contributed by atoms with van der Waals surface area (Å²) in [5, 5.41) is 7.51. The van der Waals surface area contributed by atoms with Gasteiger partial charge in [-0.3, -0.25) is 14.2 Å². The Labute approximate surface area is 191 Å². The molecule has 0 saturated heterocycles. The molecule has 1 saturated carbocycles. The summed E-state index contributed by atoms with van der Waals surface area (Å²) in [6, 6.07) is 12.9. The van der Waals surface area contributed by atoms with Gasteiger partial charge in [-0.25, -0.2) is 9.37 Å². The highest BCUT2D eigenvalue weighted by molar-refractivity contribution is 6.06. The molecule has 34 heavy (non-hydrogen) atoms. The molecule has 0 aliphatic heterocycles. The van der Waals surface area contributed by atoms with Gasteiger partial charge in [-0.1, -0.05) is 23.4 Å². The largest absolute Gasteiger partial charge is 0.337 e. The second kappa shape index (κ2) is 7.91. The zero-order chi connectivity index (χ0) is 23.2. The number of rotatable bonds is 6. The molecule has 5 aromatic rings. The van der Waals surface area contributed by atoms with Crippen LogP contribution in [0.5, 0.6) is 0 Å². The average Bonchev–Trinajstić information content (AvgIpc) is 3.51. The van der Waals surface area contributed by atoms with E-state index in [1.165, 1.54) is 35.2 Å². The molecule has 0 unspecified atom stereocenters. The van der Waals surface area contributed by atoms with Crippen LogP contribution in [-0.4, -0.2) is 30.2 Å². The monoisotopic (exact) mass is 458 g/mol. The summed E-state index contributed by atoms with van der Waals surface area (Å²) in [6.45, 7) is -0.0283. The molecule has 3 aromatic heterocycles. The molecule has 10 heteroatoms. The van der Waals surface area contributed by atoms with Crippen molar-refractivity contribution in [1.82, 2.24) is 24.3 Å². The van der Waals surface area contributed by atoms with Crippen molar-refractivity contribution in [3.8, 4) is 0 Å². The molecule has 2 aromatic carbocycles. The molecular formula is C24H19FN6O3. The maximum Gasteiger partial charge on any atom is 0.278 e. The van der Waals surface area contributed by atoms with E-state index in [9.17, 15) is 14.0 Å². The summed E-state index contributed by atoms with van der Waals surface area (Å²) in [5.74, 6) is 0.607. The third-order valence-corrected chi connectivity index (χ3v) is 5.90. The fourth-order valence-electron chi connectivity index (χ4n) is 4.09. The van der Waals surface area contributed by atoms with Crippen LogP contribution < -0.4 is 10.9 Å². The third-order valence-electron chi connectivity index (χ3n) is 5.90. The first kappa shape index (κ1) is 20.3. The molecule has 0 radical (unpaired) electrons. The number of aromatic nitrogens is 5. The molecule has 3 heterocycles. The standard InChI is InChI=1S/C24H19FN6O3/c25-15-7-9-16(10-8-15)27-19(32)11-31-18-4-2-1-3-17(18)21-22(31)24(33)30(13-26-21)12-20-28-23(29-34-20)14-5-6-14/h1-4,7-10,13-14H,5-6,11-12H2,(H,27,32). The van der Waals surface area contributed by atoms with Crippen molar-refractivity contribution >= 4 is 33.5 Å². The van der Waals surface area contributed by atoms with Crippen LogP contribution in [0.3, 0.4) is 0 Å². The summed E-state index contributed by atoms with van der Waals surface area (Å²) in [7, 11) is 0. The number of benzene rings is 2. The van der Waals surface area contributed by atoms with E-state index in [0.29, 0.717) is 39.9 Å². The Kier molecular flexibility index (Phi) is 4.72. The van der Waals surface area contributed by atoms with E-state index in [1.807, 2.05) is 24.3 Å². The summed E-state index contributed by atoms with van der Waals surface area (Å²) >= 11 is 0. The Morgan fingerprint density at radius 1 is 1.15 bits per heavy atom. The number of amides is 1. The molecule has 0 bridgehead atoms. The Bertz CT molecular complexity index is 1600. The maximum absolute atomic E-state index is 13.5. The summed E-state index contributed by atoms with van der Waals surface area (Å²) in [6.07, 6.45) is 3.56. The van der Waals surface area contributed by atoms with E-state index >= 15 is 0 Å². The highest BCUT2D eigenvalue weighted by Crippen LogP contribution is 2.38. The van der Waals surface area contributed by atoms with E-state index in [-0.39, 0.29) is 24.6 Å². The van der Waals surface area contributed by atoms with Crippen molar-refractivity contribution in [2.24, 2.45) is 0 Å². The molecule has 1 aliphatic carbocycles. The zero-order valence-electron chi connectivity index (χ0n) is 17.9. The number of carbonyl (C=O) groups is 1. The van der Waals surface area contributed by atoms with Crippen molar-refractivity contribution in [3.63, 3.8) is 0 Å². The summed E-state index contributed by atoms with van der Waals surface area (Å²) in [5.41, 5.74) is 1.67. The molecule has 1 N–H and O–H groups in total. The lowest BCUT2D eigenvalue weighted by Crippen LogP contribution is -2.25. The van der Waals surface area contributed by atoms with E-state index in [4.69, 9.17) is 4.52 Å². The van der Waals surface area contributed by atoms with Crippen molar-refractivity contribution < 1.29 is 13.7 Å². The third kappa shape index (κ3) is 3.62. The molecule has 0 atom stereocenters. The lowest BCUT2D eigenvalue weighted by molar-refractivity contribution is -0.116. The lowest BCUT2D eigenvalue weighted by Gasteiger charge is -2.09. The number of nitrogens with zero attached hydrogens (tertiary/aromatic N) is 5. The van der Waals surface area contributed by atoms with Gasteiger partial charge in [0.2, 0.25) is 11.8 Å². The molecule has 1 fully saturated rings. The van der Waals surface area contributed by atoms with Gasteiger partial charge in [0.1, 0.15) is 29.9 Å². The van der Waals surface area contributed by atoms with Crippen molar-refractivity contribution in [3.05, 3.63) is 82.7 Å². The minimum absolute atomic E-state index is 0.0881. The zero-order valence-corrected chi connectivity index (χ0v) is 17.9. The SMILES string of the molecule is O=C(Cn1c2ccccc2c2ncn(Cc3nc(C4CC4)no3)c(=O)c21)Nc1ccc(F)cc1. The number of fused-ring (bicyclic) bond motifs is 3. The average molecular weight is 458 g/mol. The van der Waals surface area contributed by atoms with Crippen LogP contribution in [0.4, 0.5) is 10.1 Å². The van der Waals surface area contributed by atoms with Crippen LogP contribution in [-0.2, 0) is 17.9 Å². The molecule has 0 spiro atoms. The molecule has 1 aliphatic rings. The van der Waals surface area contributed by atoms with Crippen LogP contribution in [0.15, 0.2) is 64.2 Å². The van der Waals surface area contributed by atoms with Gasteiger partial charge in [0.05, 0.1) is 11.8 Å². The normalized spacial score (nSPS) is 13.6. The first-order valence-electron chi connectivity index (χ1n) is 10.9. The van der Waals surface area contributed by atoms with E-state index < -0.39 is 5.82 Å². The fraction of sp³-hybridized carbons (Fsp3) is 0.208. The second-order valence-corrected chi connectivity index (χ2v) is 8.35. The number of anilines is 1. The van der Waals surface area contributed by atoms with E-state index in [2.05, 4.69) is 20.4 Å².